The number of carbonyl (C=O) groups excluding carboxylic acids is 1. The highest BCUT2D eigenvalue weighted by molar-refractivity contribution is 5.95. The van der Waals surface area contributed by atoms with Gasteiger partial charge in [0.25, 0.3) is 5.69 Å². The second-order valence-electron chi connectivity index (χ2n) is 10.4. The number of hydrogen-bond acceptors (Lipinski definition) is 6. The van der Waals surface area contributed by atoms with Crippen LogP contribution in [-0.2, 0) is 17.9 Å². The van der Waals surface area contributed by atoms with E-state index in [1.165, 1.54) is 6.07 Å². The van der Waals surface area contributed by atoms with E-state index in [1.54, 1.807) is 18.2 Å². The van der Waals surface area contributed by atoms with Crippen molar-refractivity contribution in [3.8, 4) is 11.5 Å². The Balaban J connectivity index is 0.938. The van der Waals surface area contributed by atoms with E-state index in [9.17, 15) is 14.9 Å². The van der Waals surface area contributed by atoms with Crippen molar-refractivity contribution in [1.29, 1.82) is 0 Å². The molecule has 0 aliphatic carbocycles. The van der Waals surface area contributed by atoms with Gasteiger partial charge >= 0.3 is 0 Å². The lowest BCUT2D eigenvalue weighted by Crippen LogP contribution is -2.50. The molecule has 0 radical (unpaired) electrons. The highest BCUT2D eigenvalue weighted by Gasteiger charge is 2.21. The number of nitro benzene ring substituents is 1. The topological polar surface area (TPSA) is 90.1 Å². The second-order valence-corrected chi connectivity index (χ2v) is 10.4. The molecular formula is C33H32N4O5. The van der Waals surface area contributed by atoms with Gasteiger partial charge in [0.1, 0.15) is 31.3 Å². The van der Waals surface area contributed by atoms with Crippen LogP contribution in [-0.4, -0.2) is 64.5 Å². The molecule has 1 fully saturated rings. The maximum atomic E-state index is 12.9. The Bertz CT molecular complexity index is 1710. The minimum absolute atomic E-state index is 0.0662. The first-order chi connectivity index (χ1) is 20.5. The third-order valence-electron chi connectivity index (χ3n) is 7.76. The highest BCUT2D eigenvalue weighted by Crippen LogP contribution is 2.33. The molecule has 0 N–H and O–H groups in total. The van der Waals surface area contributed by atoms with Crippen LogP contribution in [0.1, 0.15) is 5.56 Å². The molecule has 0 unspecified atom stereocenters. The third kappa shape index (κ3) is 6.06. The smallest absolute Gasteiger partial charge is 0.277 e. The summed E-state index contributed by atoms with van der Waals surface area (Å²) in [4.78, 5) is 28.2. The summed E-state index contributed by atoms with van der Waals surface area (Å²) < 4.78 is 14.0. The molecule has 0 spiro atoms. The molecule has 2 heterocycles. The molecule has 9 heteroatoms. The van der Waals surface area contributed by atoms with Crippen LogP contribution in [0.25, 0.3) is 21.7 Å². The quantitative estimate of drug-likeness (QED) is 0.164. The molecule has 1 aromatic heterocycles. The van der Waals surface area contributed by atoms with Crippen LogP contribution in [0.2, 0.25) is 0 Å². The van der Waals surface area contributed by atoms with Crippen molar-refractivity contribution >= 4 is 33.3 Å². The predicted octanol–water partition coefficient (Wildman–Crippen LogP) is 5.50. The fraction of sp³-hybridized carbons (Fsp3) is 0.242. The van der Waals surface area contributed by atoms with Crippen molar-refractivity contribution in [3.05, 3.63) is 113 Å². The molecule has 1 saturated heterocycles. The van der Waals surface area contributed by atoms with Crippen LogP contribution in [0.15, 0.2) is 97.2 Å². The maximum absolute atomic E-state index is 12.9. The zero-order valence-electron chi connectivity index (χ0n) is 23.2. The van der Waals surface area contributed by atoms with E-state index in [4.69, 9.17) is 9.47 Å². The normalized spacial score (nSPS) is 13.9. The average molecular weight is 565 g/mol. The van der Waals surface area contributed by atoms with Gasteiger partial charge in [0, 0.05) is 55.9 Å². The first-order valence-corrected chi connectivity index (χ1v) is 14.1. The van der Waals surface area contributed by atoms with Crippen LogP contribution in [0, 0.1) is 10.1 Å². The molecule has 1 aliphatic rings. The monoisotopic (exact) mass is 564 g/mol. The summed E-state index contributed by atoms with van der Waals surface area (Å²) in [6.45, 7) is 5.15. The van der Waals surface area contributed by atoms with Gasteiger partial charge in [-0.25, -0.2) is 0 Å². The van der Waals surface area contributed by atoms with E-state index in [-0.39, 0.29) is 16.5 Å². The molecule has 1 aliphatic heterocycles. The van der Waals surface area contributed by atoms with Crippen molar-refractivity contribution in [3.63, 3.8) is 0 Å². The van der Waals surface area contributed by atoms with Crippen molar-refractivity contribution in [2.75, 3.05) is 39.3 Å². The summed E-state index contributed by atoms with van der Waals surface area (Å²) in [6, 6.07) is 28.3. The Labute approximate surface area is 243 Å². The van der Waals surface area contributed by atoms with E-state index >= 15 is 0 Å². The first-order valence-electron chi connectivity index (χ1n) is 14.1. The molecule has 1 amide bonds. The van der Waals surface area contributed by atoms with Gasteiger partial charge in [-0.2, -0.15) is 0 Å². The molecule has 6 rings (SSSR count). The predicted molar refractivity (Wildman–Crippen MR) is 162 cm³/mol. The van der Waals surface area contributed by atoms with Gasteiger partial charge in [-0.05, 0) is 47.3 Å². The lowest BCUT2D eigenvalue weighted by Gasteiger charge is -2.34. The molecule has 9 nitrogen and oxygen atoms in total. The summed E-state index contributed by atoms with van der Waals surface area (Å²) in [6.07, 6.45) is 1.98. The minimum atomic E-state index is -0.376. The third-order valence-corrected chi connectivity index (χ3v) is 7.76. The summed E-state index contributed by atoms with van der Waals surface area (Å²) in [5.74, 6) is 1.54. The SMILES string of the molecule is O=C(Cn1ccc2ccccc21)N1CCN(CCOc2ccc(COc3ccc([N+](=O)[O-])c4ccccc34)cc2)CC1. The number of rotatable bonds is 10. The number of ether oxygens (including phenoxy) is 2. The zero-order valence-corrected chi connectivity index (χ0v) is 23.2. The molecule has 0 atom stereocenters. The van der Waals surface area contributed by atoms with Gasteiger partial charge in [-0.1, -0.05) is 48.5 Å². The molecule has 4 aromatic carbocycles. The van der Waals surface area contributed by atoms with Gasteiger partial charge in [0.2, 0.25) is 5.91 Å². The fourth-order valence-corrected chi connectivity index (χ4v) is 5.42. The summed E-state index contributed by atoms with van der Waals surface area (Å²) in [5.41, 5.74) is 2.12. The number of para-hydroxylation sites is 1. The maximum Gasteiger partial charge on any atom is 0.277 e. The number of nitro groups is 1. The second kappa shape index (κ2) is 12.3. The Hall–Kier alpha value is -4.89. The number of piperazine rings is 1. The summed E-state index contributed by atoms with van der Waals surface area (Å²) in [7, 11) is 0. The van der Waals surface area contributed by atoms with Gasteiger partial charge in [-0.3, -0.25) is 19.8 Å². The molecule has 0 saturated carbocycles. The van der Waals surface area contributed by atoms with Crippen molar-refractivity contribution < 1.29 is 19.2 Å². The molecule has 42 heavy (non-hydrogen) atoms. The zero-order chi connectivity index (χ0) is 28.9. The minimum Gasteiger partial charge on any atom is -0.492 e. The van der Waals surface area contributed by atoms with E-state index in [2.05, 4.69) is 11.0 Å². The summed E-state index contributed by atoms with van der Waals surface area (Å²) in [5, 5.41) is 13.8. The molecule has 5 aromatic rings. The van der Waals surface area contributed by atoms with E-state index in [0.29, 0.717) is 36.3 Å². The van der Waals surface area contributed by atoms with Crippen LogP contribution in [0.5, 0.6) is 11.5 Å². The lowest BCUT2D eigenvalue weighted by molar-refractivity contribution is -0.383. The van der Waals surface area contributed by atoms with Gasteiger partial charge in [0.15, 0.2) is 0 Å². The Kier molecular flexibility index (Phi) is 8.00. The van der Waals surface area contributed by atoms with Gasteiger partial charge < -0.3 is 18.9 Å². The molecule has 214 valence electrons. The number of amides is 1. The van der Waals surface area contributed by atoms with Gasteiger partial charge in [-0.15, -0.1) is 0 Å². The number of carbonyl (C=O) groups is 1. The fourth-order valence-electron chi connectivity index (χ4n) is 5.42. The first kappa shape index (κ1) is 27.3. The van der Waals surface area contributed by atoms with Crippen molar-refractivity contribution in [1.82, 2.24) is 14.4 Å². The number of nitrogens with zero attached hydrogens (tertiary/aromatic N) is 4. The van der Waals surface area contributed by atoms with Crippen LogP contribution < -0.4 is 9.47 Å². The number of aromatic nitrogens is 1. The van der Waals surface area contributed by atoms with Crippen molar-refractivity contribution in [2.24, 2.45) is 0 Å². The van der Waals surface area contributed by atoms with Crippen LogP contribution >= 0.6 is 0 Å². The number of fused-ring (bicyclic) bond motifs is 2. The summed E-state index contributed by atoms with van der Waals surface area (Å²) >= 11 is 0. The Morgan fingerprint density at radius 1 is 0.810 bits per heavy atom. The van der Waals surface area contributed by atoms with Crippen LogP contribution in [0.4, 0.5) is 5.69 Å². The number of benzene rings is 4. The standard InChI is InChI=1S/C33H32N4O5/c38-33(23-36-16-15-26-5-1-4-8-30(26)36)35-19-17-34(18-20-35)21-22-41-27-11-9-25(10-12-27)24-42-32-14-13-31(37(39)40)28-6-2-3-7-29(28)32/h1-16H,17-24H2. The Morgan fingerprint density at radius 3 is 2.33 bits per heavy atom. The van der Waals surface area contributed by atoms with Gasteiger partial charge in [0.05, 0.1) is 10.3 Å². The highest BCUT2D eigenvalue weighted by atomic mass is 16.6. The molecular weight excluding hydrogens is 532 g/mol. The van der Waals surface area contributed by atoms with E-state index in [1.807, 2.05) is 76.3 Å². The van der Waals surface area contributed by atoms with Crippen LogP contribution in [0.3, 0.4) is 0 Å². The lowest BCUT2D eigenvalue weighted by atomic mass is 10.1. The van der Waals surface area contributed by atoms with Crippen molar-refractivity contribution in [2.45, 2.75) is 13.2 Å². The number of non-ortho nitro benzene ring substituents is 1. The Morgan fingerprint density at radius 2 is 1.55 bits per heavy atom. The van der Waals surface area contributed by atoms with E-state index < -0.39 is 0 Å². The van der Waals surface area contributed by atoms with E-state index in [0.717, 1.165) is 54.9 Å². The number of hydrogen-bond donors (Lipinski definition) is 0. The largest absolute Gasteiger partial charge is 0.492 e. The average Bonchev–Trinajstić information content (AvgIpc) is 3.43. The molecule has 0 bridgehead atoms.